The number of nitrogens with zero attached hydrogens (tertiary/aromatic N) is 3. The number of thioether (sulfide) groups is 1. The van der Waals surface area contributed by atoms with E-state index >= 15 is 0 Å². The zero-order valence-electron chi connectivity index (χ0n) is 12.0. The van der Waals surface area contributed by atoms with Crippen LogP contribution in [0.5, 0.6) is 0 Å². The number of fused-ring (bicyclic) bond motifs is 1. The molecule has 20 heavy (non-hydrogen) atoms. The van der Waals surface area contributed by atoms with Crippen LogP contribution in [0.1, 0.15) is 20.8 Å². The zero-order valence-corrected chi connectivity index (χ0v) is 12.8. The summed E-state index contributed by atoms with van der Waals surface area (Å²) in [7, 11) is 0. The minimum Gasteiger partial charge on any atom is -0.459 e. The van der Waals surface area contributed by atoms with E-state index in [2.05, 4.69) is 9.97 Å². The third kappa shape index (κ3) is 3.04. The molecule has 0 aliphatic carbocycles. The van der Waals surface area contributed by atoms with E-state index in [9.17, 15) is 4.79 Å². The first-order chi connectivity index (χ1) is 9.31. The number of hydrogen-bond acceptors (Lipinski definition) is 6. The monoisotopic (exact) mass is 294 g/mol. The van der Waals surface area contributed by atoms with Crippen molar-refractivity contribution in [1.82, 2.24) is 14.5 Å². The van der Waals surface area contributed by atoms with Crippen LogP contribution in [-0.4, -0.2) is 32.4 Å². The van der Waals surface area contributed by atoms with Crippen LogP contribution in [-0.2, 0) is 16.1 Å². The largest absolute Gasteiger partial charge is 0.459 e. The van der Waals surface area contributed by atoms with Crippen LogP contribution < -0.4 is 5.73 Å². The molecule has 0 aliphatic heterocycles. The standard InChI is InChI=1S/C13H18N4O2S/c1-13(2,3)19-9(18)6-17-5-8(20-4)10-11(14)15-7-16-12(10)17/h5,7H,6H2,1-4H3,(H2,14,15,16). The molecular formula is C13H18N4O2S. The molecule has 0 aliphatic rings. The molecule has 0 amide bonds. The molecular weight excluding hydrogens is 276 g/mol. The van der Waals surface area contributed by atoms with Gasteiger partial charge in [0.05, 0.1) is 5.39 Å². The number of anilines is 1. The van der Waals surface area contributed by atoms with Crippen LogP contribution in [0.2, 0.25) is 0 Å². The van der Waals surface area contributed by atoms with Crippen LogP contribution in [0.3, 0.4) is 0 Å². The zero-order chi connectivity index (χ0) is 14.9. The summed E-state index contributed by atoms with van der Waals surface area (Å²) >= 11 is 1.54. The van der Waals surface area contributed by atoms with E-state index in [-0.39, 0.29) is 12.5 Å². The van der Waals surface area contributed by atoms with Gasteiger partial charge in [0.2, 0.25) is 0 Å². The van der Waals surface area contributed by atoms with Gasteiger partial charge in [0, 0.05) is 11.1 Å². The highest BCUT2D eigenvalue weighted by Gasteiger charge is 2.19. The maximum Gasteiger partial charge on any atom is 0.326 e. The molecule has 2 aromatic heterocycles. The number of nitrogens with two attached hydrogens (primary N) is 1. The maximum absolute atomic E-state index is 11.9. The maximum atomic E-state index is 11.9. The van der Waals surface area contributed by atoms with Gasteiger partial charge in [-0.15, -0.1) is 11.8 Å². The summed E-state index contributed by atoms with van der Waals surface area (Å²) in [6.45, 7) is 5.62. The number of ether oxygens (including phenoxy) is 1. The Morgan fingerprint density at radius 2 is 2.15 bits per heavy atom. The molecule has 2 N–H and O–H groups in total. The molecule has 0 saturated heterocycles. The minimum absolute atomic E-state index is 0.102. The Balaban J connectivity index is 2.36. The van der Waals surface area contributed by atoms with Crippen molar-refractivity contribution in [2.24, 2.45) is 0 Å². The predicted octanol–water partition coefficient (Wildman–Crippen LogP) is 2.08. The third-order valence-corrected chi connectivity index (χ3v) is 3.34. The van der Waals surface area contributed by atoms with Gasteiger partial charge in [-0.05, 0) is 27.0 Å². The topological polar surface area (TPSA) is 83.0 Å². The van der Waals surface area contributed by atoms with E-state index in [1.807, 2.05) is 33.2 Å². The third-order valence-electron chi connectivity index (χ3n) is 2.59. The molecule has 0 radical (unpaired) electrons. The van der Waals surface area contributed by atoms with Crippen molar-refractivity contribution in [2.75, 3.05) is 12.0 Å². The number of carbonyl (C=O) groups excluding carboxylic acids is 1. The quantitative estimate of drug-likeness (QED) is 0.689. The van der Waals surface area contributed by atoms with E-state index < -0.39 is 5.60 Å². The summed E-state index contributed by atoms with van der Waals surface area (Å²) in [6, 6.07) is 0. The summed E-state index contributed by atoms with van der Waals surface area (Å²) in [4.78, 5) is 21.1. The normalized spacial score (nSPS) is 11.8. The first kappa shape index (κ1) is 14.6. The highest BCUT2D eigenvalue weighted by molar-refractivity contribution is 7.98. The highest BCUT2D eigenvalue weighted by atomic mass is 32.2. The first-order valence-corrected chi connectivity index (χ1v) is 7.39. The molecule has 0 fully saturated rings. The molecule has 0 saturated carbocycles. The lowest BCUT2D eigenvalue weighted by Crippen LogP contribution is -2.26. The van der Waals surface area contributed by atoms with Crippen LogP contribution in [0.25, 0.3) is 11.0 Å². The van der Waals surface area contributed by atoms with Crippen LogP contribution in [0.4, 0.5) is 5.82 Å². The number of nitrogen functional groups attached to an aromatic ring is 1. The predicted molar refractivity (Wildman–Crippen MR) is 79.6 cm³/mol. The Hall–Kier alpha value is -1.76. The Labute approximate surface area is 121 Å². The molecule has 2 aromatic rings. The minimum atomic E-state index is -0.504. The van der Waals surface area contributed by atoms with Crippen LogP contribution >= 0.6 is 11.8 Å². The van der Waals surface area contributed by atoms with Gasteiger partial charge in [-0.1, -0.05) is 0 Å². The van der Waals surface area contributed by atoms with Crippen molar-refractivity contribution >= 4 is 34.6 Å². The number of rotatable bonds is 3. The average molecular weight is 294 g/mol. The van der Waals surface area contributed by atoms with Gasteiger partial charge in [0.15, 0.2) is 0 Å². The fourth-order valence-electron chi connectivity index (χ4n) is 1.90. The van der Waals surface area contributed by atoms with Crippen molar-refractivity contribution in [1.29, 1.82) is 0 Å². The summed E-state index contributed by atoms with van der Waals surface area (Å²) in [6.07, 6.45) is 5.19. The van der Waals surface area contributed by atoms with Gasteiger partial charge in [0.1, 0.15) is 29.9 Å². The molecule has 7 heteroatoms. The Morgan fingerprint density at radius 3 is 2.75 bits per heavy atom. The average Bonchev–Trinajstić information content (AvgIpc) is 2.66. The Kier molecular flexibility index (Phi) is 3.89. The highest BCUT2D eigenvalue weighted by Crippen LogP contribution is 2.30. The van der Waals surface area contributed by atoms with Gasteiger partial charge in [-0.2, -0.15) is 0 Å². The SMILES string of the molecule is CSc1cn(CC(=O)OC(C)(C)C)c2ncnc(N)c12. The van der Waals surface area contributed by atoms with E-state index in [1.165, 1.54) is 6.33 Å². The number of esters is 1. The summed E-state index contributed by atoms with van der Waals surface area (Å²) in [5, 5.41) is 0.781. The molecule has 2 heterocycles. The molecule has 0 atom stereocenters. The fourth-order valence-corrected chi connectivity index (χ4v) is 2.53. The molecule has 2 rings (SSSR count). The van der Waals surface area contributed by atoms with Crippen molar-refractivity contribution in [3.63, 3.8) is 0 Å². The number of hydrogen-bond donors (Lipinski definition) is 1. The molecule has 0 aromatic carbocycles. The fraction of sp³-hybridized carbons (Fsp3) is 0.462. The van der Waals surface area contributed by atoms with Crippen LogP contribution in [0.15, 0.2) is 17.4 Å². The molecule has 6 nitrogen and oxygen atoms in total. The lowest BCUT2D eigenvalue weighted by atomic mass is 10.2. The van der Waals surface area contributed by atoms with E-state index in [4.69, 9.17) is 10.5 Å². The van der Waals surface area contributed by atoms with Crippen molar-refractivity contribution < 1.29 is 9.53 Å². The van der Waals surface area contributed by atoms with Crippen molar-refractivity contribution in [3.05, 3.63) is 12.5 Å². The summed E-state index contributed by atoms with van der Waals surface area (Å²) < 4.78 is 7.07. The second-order valence-electron chi connectivity index (χ2n) is 5.37. The smallest absolute Gasteiger partial charge is 0.326 e. The number of aromatic nitrogens is 3. The second-order valence-corrected chi connectivity index (χ2v) is 6.22. The Morgan fingerprint density at radius 1 is 1.45 bits per heavy atom. The Bertz CT molecular complexity index is 646. The van der Waals surface area contributed by atoms with Crippen molar-refractivity contribution in [3.8, 4) is 0 Å². The van der Waals surface area contributed by atoms with Gasteiger partial charge < -0.3 is 15.0 Å². The van der Waals surface area contributed by atoms with Gasteiger partial charge in [-0.3, -0.25) is 4.79 Å². The second kappa shape index (κ2) is 5.32. The molecule has 108 valence electrons. The summed E-state index contributed by atoms with van der Waals surface area (Å²) in [5.41, 5.74) is 6.03. The molecule has 0 spiro atoms. The number of carbonyl (C=O) groups is 1. The summed E-state index contributed by atoms with van der Waals surface area (Å²) in [5.74, 6) is 0.113. The van der Waals surface area contributed by atoms with Gasteiger partial charge in [0.25, 0.3) is 0 Å². The molecule has 0 bridgehead atoms. The van der Waals surface area contributed by atoms with Gasteiger partial charge in [-0.25, -0.2) is 9.97 Å². The van der Waals surface area contributed by atoms with Crippen molar-refractivity contribution in [2.45, 2.75) is 37.8 Å². The van der Waals surface area contributed by atoms with E-state index in [1.54, 1.807) is 16.3 Å². The van der Waals surface area contributed by atoms with Crippen LogP contribution in [0, 0.1) is 0 Å². The first-order valence-electron chi connectivity index (χ1n) is 6.17. The van der Waals surface area contributed by atoms with E-state index in [0.29, 0.717) is 11.5 Å². The van der Waals surface area contributed by atoms with E-state index in [0.717, 1.165) is 10.3 Å². The lowest BCUT2D eigenvalue weighted by Gasteiger charge is -2.19. The lowest BCUT2D eigenvalue weighted by molar-refractivity contribution is -0.155. The molecule has 0 unspecified atom stereocenters. The van der Waals surface area contributed by atoms with Gasteiger partial charge >= 0.3 is 5.97 Å².